The molecule has 0 saturated heterocycles. The minimum Gasteiger partial charge on any atom is -0.234 e. The van der Waals surface area contributed by atoms with Crippen molar-refractivity contribution in [2.45, 2.75) is 33.6 Å². The molecular weight excluding hydrogens is 279 g/mol. The molecule has 1 aromatic rings. The molecule has 2 aliphatic carbocycles. The molecule has 0 spiro atoms. The Morgan fingerprint density at radius 3 is 2.33 bits per heavy atom. The lowest BCUT2D eigenvalue weighted by Gasteiger charge is -2.12. The fraction of sp³-hybridized carbons (Fsp3) is 0.500. The van der Waals surface area contributed by atoms with Gasteiger partial charge in [-0.25, -0.2) is 4.79 Å². The second kappa shape index (κ2) is 5.50. The van der Waals surface area contributed by atoms with Gasteiger partial charge in [-0.3, -0.25) is 0 Å². The molecule has 0 radical (unpaired) electrons. The number of hydrogen-bond donors (Lipinski definition) is 0. The summed E-state index contributed by atoms with van der Waals surface area (Å²) in [6.45, 7) is 5.91. The largest absolute Gasteiger partial charge is 0.420 e. The van der Waals surface area contributed by atoms with Gasteiger partial charge in [0.2, 0.25) is 0 Å². The molecule has 2 bridgehead atoms. The van der Waals surface area contributed by atoms with E-state index in [0.717, 1.165) is 23.1 Å². The van der Waals surface area contributed by atoms with Gasteiger partial charge in [0.25, 0.3) is 0 Å². The fourth-order valence-electron chi connectivity index (χ4n) is 4.04. The van der Waals surface area contributed by atoms with Crippen LogP contribution in [-0.2, 0) is 4.57 Å². The molecule has 3 heteroatoms. The van der Waals surface area contributed by atoms with Crippen LogP contribution in [0.3, 0.4) is 0 Å². The minimum absolute atomic E-state index is 0.147. The Hall–Kier alpha value is -1.27. The van der Waals surface area contributed by atoms with Crippen molar-refractivity contribution in [1.82, 2.24) is 0 Å². The summed E-state index contributed by atoms with van der Waals surface area (Å²) in [5.41, 5.74) is 3.59. The average molecular weight is 301 g/mol. The summed E-state index contributed by atoms with van der Waals surface area (Å²) >= 11 is 0. The van der Waals surface area contributed by atoms with Gasteiger partial charge in [-0.15, -0.1) is 0 Å². The number of benzene rings is 1. The summed E-state index contributed by atoms with van der Waals surface area (Å²) in [6, 6.07) is 4.01. The summed E-state index contributed by atoms with van der Waals surface area (Å²) in [4.78, 5) is 12.6. The zero-order chi connectivity index (χ0) is 15.1. The van der Waals surface area contributed by atoms with Gasteiger partial charge in [0.15, 0.2) is 6.16 Å². The fourth-order valence-corrected chi connectivity index (χ4v) is 5.66. The molecule has 3 rings (SSSR count). The molecule has 110 valence electrons. The lowest BCUT2D eigenvalue weighted by molar-refractivity contribution is 0.107. The number of rotatable bonds is 4. The van der Waals surface area contributed by atoms with E-state index < -0.39 is 7.80 Å². The molecule has 0 N–H and O–H groups in total. The maximum atomic E-state index is 12.6. The first-order valence-electron chi connectivity index (χ1n) is 7.71. The summed E-state index contributed by atoms with van der Waals surface area (Å²) in [5, 5.41) is 0. The first kappa shape index (κ1) is 14.7. The highest BCUT2D eigenvalue weighted by Gasteiger charge is 2.43. The Morgan fingerprint density at radius 2 is 1.81 bits per heavy atom. The Kier molecular flexibility index (Phi) is 3.84. The van der Waals surface area contributed by atoms with E-state index >= 15 is 0 Å². The molecule has 2 aliphatic rings. The van der Waals surface area contributed by atoms with Gasteiger partial charge < -0.3 is 0 Å². The normalized spacial score (nSPS) is 27.2. The highest BCUT2D eigenvalue weighted by molar-refractivity contribution is 7.64. The number of carbonyl (C=O) groups is 1. The van der Waals surface area contributed by atoms with Crippen LogP contribution in [-0.4, -0.2) is 11.7 Å². The Balaban J connectivity index is 1.76. The third-order valence-electron chi connectivity index (χ3n) is 4.93. The van der Waals surface area contributed by atoms with Gasteiger partial charge in [0.05, 0.1) is 5.56 Å². The zero-order valence-electron chi connectivity index (χ0n) is 12.9. The van der Waals surface area contributed by atoms with Gasteiger partial charge in [0, 0.05) is 5.92 Å². The third-order valence-corrected chi connectivity index (χ3v) is 6.41. The lowest BCUT2D eigenvalue weighted by atomic mass is 9.96. The van der Waals surface area contributed by atoms with Crippen LogP contribution >= 0.6 is 7.80 Å². The molecule has 2 unspecified atom stereocenters. The minimum atomic E-state index is -1.81. The van der Waals surface area contributed by atoms with E-state index in [1.165, 1.54) is 6.42 Å². The maximum absolute atomic E-state index is 12.6. The van der Waals surface area contributed by atoms with Gasteiger partial charge in [-0.05, 0) is 56.6 Å². The average Bonchev–Trinajstić information content (AvgIpc) is 2.99. The van der Waals surface area contributed by atoms with E-state index in [-0.39, 0.29) is 5.52 Å². The van der Waals surface area contributed by atoms with Crippen molar-refractivity contribution >= 4 is 13.3 Å². The smallest absolute Gasteiger partial charge is 0.234 e. The zero-order valence-corrected chi connectivity index (χ0v) is 13.8. The molecule has 4 atom stereocenters. The third kappa shape index (κ3) is 2.74. The van der Waals surface area contributed by atoms with Crippen LogP contribution in [0.25, 0.3) is 0 Å². The molecule has 1 aromatic carbocycles. The summed E-state index contributed by atoms with van der Waals surface area (Å²) in [7, 11) is -1.81. The van der Waals surface area contributed by atoms with E-state index in [1.54, 1.807) is 0 Å². The van der Waals surface area contributed by atoms with Crippen molar-refractivity contribution in [3.8, 4) is 0 Å². The van der Waals surface area contributed by atoms with Crippen LogP contribution in [0.5, 0.6) is 0 Å². The number of fused-ring (bicyclic) bond motifs is 2. The number of carbonyl (C=O) groups excluding carboxylic acids is 1. The molecule has 1 fully saturated rings. The highest BCUT2D eigenvalue weighted by Crippen LogP contribution is 2.47. The highest BCUT2D eigenvalue weighted by atomic mass is 31.1. The second-order valence-electron chi connectivity index (χ2n) is 6.68. The van der Waals surface area contributed by atoms with Crippen LogP contribution in [0.1, 0.15) is 39.9 Å². The van der Waals surface area contributed by atoms with Crippen molar-refractivity contribution in [3.63, 3.8) is 0 Å². The standard InChI is InChI=1S/C18H22O2P/c1-11-6-12(2)17(13(3)7-11)18(19)21(20)10-16-9-14-4-5-15(16)8-14/h4-7,14-16H,8-10H2,1-3H3/q+1/t14-,15+,16?/m1/s1. The first-order valence-corrected chi connectivity index (χ1v) is 9.15. The van der Waals surface area contributed by atoms with E-state index in [4.69, 9.17) is 0 Å². The molecule has 0 amide bonds. The van der Waals surface area contributed by atoms with Crippen molar-refractivity contribution in [2.75, 3.05) is 6.16 Å². The van der Waals surface area contributed by atoms with E-state index in [1.807, 2.05) is 32.9 Å². The first-order chi connectivity index (χ1) is 9.95. The van der Waals surface area contributed by atoms with E-state index in [0.29, 0.717) is 29.5 Å². The number of aryl methyl sites for hydroxylation is 3. The maximum Gasteiger partial charge on any atom is 0.420 e. The summed E-state index contributed by atoms with van der Waals surface area (Å²) in [6.07, 6.45) is 7.41. The van der Waals surface area contributed by atoms with E-state index in [2.05, 4.69) is 12.2 Å². The number of hydrogen-bond acceptors (Lipinski definition) is 2. The van der Waals surface area contributed by atoms with Crippen molar-refractivity contribution < 1.29 is 9.36 Å². The Morgan fingerprint density at radius 1 is 1.14 bits per heavy atom. The van der Waals surface area contributed by atoms with Gasteiger partial charge >= 0.3 is 13.3 Å². The molecule has 2 nitrogen and oxygen atoms in total. The number of allylic oxidation sites excluding steroid dienone is 2. The topological polar surface area (TPSA) is 34.1 Å². The molecule has 1 saturated carbocycles. The Labute approximate surface area is 127 Å². The molecule has 21 heavy (non-hydrogen) atoms. The monoisotopic (exact) mass is 301 g/mol. The molecule has 0 aliphatic heterocycles. The summed E-state index contributed by atoms with van der Waals surface area (Å²) in [5.74, 6) is 1.67. The van der Waals surface area contributed by atoms with E-state index in [9.17, 15) is 9.36 Å². The molecule has 0 heterocycles. The van der Waals surface area contributed by atoms with Gasteiger partial charge in [-0.2, -0.15) is 0 Å². The SMILES string of the molecule is Cc1cc(C)c(C(=O)[P+](=O)CC2C[C@@H]3C=C[C@H]2C3)c(C)c1. The quantitative estimate of drug-likeness (QED) is 0.592. The summed E-state index contributed by atoms with van der Waals surface area (Å²) < 4.78 is 12.5. The van der Waals surface area contributed by atoms with Crippen molar-refractivity contribution in [1.29, 1.82) is 0 Å². The van der Waals surface area contributed by atoms with Crippen LogP contribution in [0.15, 0.2) is 24.3 Å². The predicted molar refractivity (Wildman–Crippen MR) is 86.3 cm³/mol. The Bertz CT molecular complexity index is 622. The predicted octanol–water partition coefficient (Wildman–Crippen LogP) is 4.79. The van der Waals surface area contributed by atoms with Gasteiger partial charge in [-0.1, -0.05) is 34.4 Å². The lowest BCUT2D eigenvalue weighted by Crippen LogP contribution is -2.12. The molecule has 0 aromatic heterocycles. The van der Waals surface area contributed by atoms with Crippen LogP contribution in [0.2, 0.25) is 0 Å². The molecular formula is C18H22O2P+. The van der Waals surface area contributed by atoms with Crippen molar-refractivity contribution in [3.05, 3.63) is 46.5 Å². The van der Waals surface area contributed by atoms with Crippen LogP contribution in [0.4, 0.5) is 0 Å². The van der Waals surface area contributed by atoms with Gasteiger partial charge in [0.1, 0.15) is 0 Å². The van der Waals surface area contributed by atoms with Crippen LogP contribution < -0.4 is 0 Å². The van der Waals surface area contributed by atoms with Crippen molar-refractivity contribution in [2.24, 2.45) is 17.8 Å². The van der Waals surface area contributed by atoms with Crippen LogP contribution in [0, 0.1) is 38.5 Å². The second-order valence-corrected chi connectivity index (χ2v) is 8.21.